The fraction of sp³-hybridized carbons (Fsp3) is 0.562. The van der Waals surface area contributed by atoms with Crippen LogP contribution in [0.5, 0.6) is 0 Å². The maximum Gasteiger partial charge on any atom is 0.293 e. The molecule has 0 radical (unpaired) electrons. The van der Waals surface area contributed by atoms with Crippen molar-refractivity contribution in [2.24, 2.45) is 5.41 Å². The third-order valence-corrected chi connectivity index (χ3v) is 3.54. The molecule has 0 atom stereocenters. The zero-order chi connectivity index (χ0) is 15.9. The predicted molar refractivity (Wildman–Crippen MR) is 84.2 cm³/mol. The van der Waals surface area contributed by atoms with Crippen LogP contribution in [0.3, 0.4) is 0 Å². The van der Waals surface area contributed by atoms with Gasteiger partial charge in [0, 0.05) is 12.6 Å². The lowest BCUT2D eigenvalue weighted by Crippen LogP contribution is -2.23. The summed E-state index contributed by atoms with van der Waals surface area (Å²) >= 11 is 0. The number of anilines is 1. The molecule has 0 fully saturated rings. The summed E-state index contributed by atoms with van der Waals surface area (Å²) in [4.78, 5) is 10.6. The van der Waals surface area contributed by atoms with Gasteiger partial charge in [-0.1, -0.05) is 40.0 Å². The van der Waals surface area contributed by atoms with E-state index in [9.17, 15) is 10.1 Å². The molecular formula is C16H23N3O2. The molecule has 0 saturated carbocycles. The summed E-state index contributed by atoms with van der Waals surface area (Å²) in [5.74, 6) is 0. The number of benzene rings is 1. The summed E-state index contributed by atoms with van der Waals surface area (Å²) in [6.07, 6.45) is 4.64. The number of unbranched alkanes of at least 4 members (excludes halogenated alkanes) is 2. The van der Waals surface area contributed by atoms with E-state index in [2.05, 4.69) is 26.1 Å². The molecule has 0 spiro atoms. The van der Waals surface area contributed by atoms with Crippen molar-refractivity contribution in [3.05, 3.63) is 33.9 Å². The van der Waals surface area contributed by atoms with Gasteiger partial charge in [0.05, 0.1) is 16.6 Å². The fourth-order valence-electron chi connectivity index (χ4n) is 2.18. The molecule has 0 heterocycles. The Morgan fingerprint density at radius 2 is 2.10 bits per heavy atom. The third kappa shape index (κ3) is 5.42. The normalized spacial score (nSPS) is 11.0. The van der Waals surface area contributed by atoms with Crippen molar-refractivity contribution in [2.45, 2.75) is 46.5 Å². The first-order chi connectivity index (χ1) is 9.89. The minimum absolute atomic E-state index is 0.0431. The molecule has 1 aromatic rings. The molecule has 114 valence electrons. The van der Waals surface area contributed by atoms with E-state index in [1.54, 1.807) is 12.1 Å². The molecular weight excluding hydrogens is 266 g/mol. The van der Waals surface area contributed by atoms with Crippen molar-refractivity contribution >= 4 is 11.4 Å². The fourth-order valence-corrected chi connectivity index (χ4v) is 2.18. The molecule has 1 rings (SSSR count). The Morgan fingerprint density at radius 3 is 2.67 bits per heavy atom. The Balaban J connectivity index is 2.75. The molecule has 0 aromatic heterocycles. The van der Waals surface area contributed by atoms with E-state index >= 15 is 0 Å². The van der Waals surface area contributed by atoms with Crippen LogP contribution in [-0.4, -0.2) is 11.5 Å². The van der Waals surface area contributed by atoms with E-state index in [0.717, 1.165) is 6.42 Å². The van der Waals surface area contributed by atoms with Crippen LogP contribution in [0.15, 0.2) is 18.2 Å². The average Bonchev–Trinajstić information content (AvgIpc) is 2.45. The lowest BCUT2D eigenvalue weighted by atomic mass is 9.87. The number of nitriles is 1. The maximum atomic E-state index is 11.1. The van der Waals surface area contributed by atoms with Gasteiger partial charge in [0.1, 0.15) is 5.69 Å². The number of hydrogen-bond donors (Lipinski definition) is 1. The summed E-state index contributed by atoms with van der Waals surface area (Å²) in [5.41, 5.74) is 0.812. The Bertz CT molecular complexity index is 533. The minimum Gasteiger partial charge on any atom is -0.379 e. The van der Waals surface area contributed by atoms with Gasteiger partial charge in [-0.05, 0) is 24.0 Å². The highest BCUT2D eigenvalue weighted by Gasteiger charge is 2.20. The van der Waals surface area contributed by atoms with Gasteiger partial charge in [0.2, 0.25) is 0 Å². The summed E-state index contributed by atoms with van der Waals surface area (Å²) in [6, 6.07) is 6.44. The van der Waals surface area contributed by atoms with Crippen LogP contribution in [-0.2, 0) is 0 Å². The topological polar surface area (TPSA) is 79.0 Å². The number of nitrogens with one attached hydrogen (secondary N) is 1. The van der Waals surface area contributed by atoms with Crippen LogP contribution in [0.2, 0.25) is 0 Å². The summed E-state index contributed by atoms with van der Waals surface area (Å²) in [6.45, 7) is 7.16. The highest BCUT2D eigenvalue weighted by atomic mass is 16.6. The van der Waals surface area contributed by atoms with Gasteiger partial charge in [-0.15, -0.1) is 0 Å². The van der Waals surface area contributed by atoms with Gasteiger partial charge >= 0.3 is 0 Å². The van der Waals surface area contributed by atoms with Crippen LogP contribution in [0, 0.1) is 26.9 Å². The second-order valence-electron chi connectivity index (χ2n) is 6.08. The molecule has 5 nitrogen and oxygen atoms in total. The van der Waals surface area contributed by atoms with E-state index < -0.39 is 4.92 Å². The standard InChI is InChI=1S/C16H23N3O2/c1-4-5-6-9-16(2,3)12-18-14-8-7-13(11-17)10-15(14)19(20)21/h7-8,10,18H,4-6,9,12H2,1-3H3. The van der Waals surface area contributed by atoms with Gasteiger partial charge in [0.15, 0.2) is 0 Å². The molecule has 0 aliphatic carbocycles. The first-order valence-electron chi connectivity index (χ1n) is 7.32. The first kappa shape index (κ1) is 17.0. The van der Waals surface area contributed by atoms with Gasteiger partial charge in [-0.2, -0.15) is 5.26 Å². The Labute approximate surface area is 126 Å². The average molecular weight is 289 g/mol. The molecule has 21 heavy (non-hydrogen) atoms. The first-order valence-corrected chi connectivity index (χ1v) is 7.32. The Hall–Kier alpha value is -2.09. The largest absolute Gasteiger partial charge is 0.379 e. The van der Waals surface area contributed by atoms with Crippen molar-refractivity contribution in [1.82, 2.24) is 0 Å². The molecule has 5 heteroatoms. The number of hydrogen-bond acceptors (Lipinski definition) is 4. The molecule has 0 aliphatic heterocycles. The van der Waals surface area contributed by atoms with E-state index in [4.69, 9.17) is 5.26 Å². The van der Waals surface area contributed by atoms with Crippen molar-refractivity contribution in [3.8, 4) is 6.07 Å². The van der Waals surface area contributed by atoms with Crippen molar-refractivity contribution < 1.29 is 4.92 Å². The zero-order valence-corrected chi connectivity index (χ0v) is 13.0. The van der Waals surface area contributed by atoms with E-state index in [-0.39, 0.29) is 11.1 Å². The van der Waals surface area contributed by atoms with E-state index in [0.29, 0.717) is 17.8 Å². The maximum absolute atomic E-state index is 11.1. The van der Waals surface area contributed by atoms with E-state index in [1.165, 1.54) is 25.3 Å². The van der Waals surface area contributed by atoms with Crippen LogP contribution in [0.4, 0.5) is 11.4 Å². The third-order valence-electron chi connectivity index (χ3n) is 3.54. The van der Waals surface area contributed by atoms with Gasteiger partial charge in [0.25, 0.3) is 5.69 Å². The second-order valence-corrected chi connectivity index (χ2v) is 6.08. The SMILES string of the molecule is CCCCCC(C)(C)CNc1ccc(C#N)cc1[N+](=O)[O-]. The minimum atomic E-state index is -0.451. The Kier molecular flexibility index (Phi) is 6.16. The highest BCUT2D eigenvalue weighted by Crippen LogP contribution is 2.29. The quantitative estimate of drug-likeness (QED) is 0.434. The number of nitro benzene ring substituents is 1. The van der Waals surface area contributed by atoms with Crippen LogP contribution in [0.1, 0.15) is 52.0 Å². The molecule has 1 N–H and O–H groups in total. The number of nitro groups is 1. The summed E-state index contributed by atoms with van der Waals surface area (Å²) in [5, 5.41) is 23.1. The monoisotopic (exact) mass is 289 g/mol. The summed E-state index contributed by atoms with van der Waals surface area (Å²) in [7, 11) is 0. The highest BCUT2D eigenvalue weighted by molar-refractivity contribution is 5.64. The van der Waals surface area contributed by atoms with Crippen molar-refractivity contribution in [3.63, 3.8) is 0 Å². The smallest absolute Gasteiger partial charge is 0.293 e. The van der Waals surface area contributed by atoms with Crippen LogP contribution >= 0.6 is 0 Å². The van der Waals surface area contributed by atoms with Gasteiger partial charge in [-0.25, -0.2) is 0 Å². The lowest BCUT2D eigenvalue weighted by Gasteiger charge is -2.25. The molecule has 0 bridgehead atoms. The van der Waals surface area contributed by atoms with Crippen molar-refractivity contribution in [2.75, 3.05) is 11.9 Å². The molecule has 0 unspecified atom stereocenters. The van der Waals surface area contributed by atoms with Crippen LogP contribution in [0.25, 0.3) is 0 Å². The van der Waals surface area contributed by atoms with Gasteiger partial charge < -0.3 is 5.32 Å². The van der Waals surface area contributed by atoms with Gasteiger partial charge in [-0.3, -0.25) is 10.1 Å². The molecule has 0 saturated heterocycles. The lowest BCUT2D eigenvalue weighted by molar-refractivity contribution is -0.384. The summed E-state index contributed by atoms with van der Waals surface area (Å²) < 4.78 is 0. The van der Waals surface area contributed by atoms with Crippen LogP contribution < -0.4 is 5.32 Å². The Morgan fingerprint density at radius 1 is 1.38 bits per heavy atom. The van der Waals surface area contributed by atoms with E-state index in [1.807, 2.05) is 6.07 Å². The molecule has 0 amide bonds. The number of nitrogens with zero attached hydrogens (tertiary/aromatic N) is 2. The molecule has 1 aromatic carbocycles. The second kappa shape index (κ2) is 7.63. The van der Waals surface area contributed by atoms with Crippen molar-refractivity contribution in [1.29, 1.82) is 5.26 Å². The number of rotatable bonds is 8. The zero-order valence-electron chi connectivity index (χ0n) is 13.0. The molecule has 0 aliphatic rings. The predicted octanol–water partition coefficient (Wildman–Crippen LogP) is 4.48.